The molecule has 9 heteroatoms. The van der Waals surface area contributed by atoms with Crippen molar-refractivity contribution in [1.29, 1.82) is 0 Å². The van der Waals surface area contributed by atoms with Crippen LogP contribution in [-0.2, 0) is 28.6 Å². The van der Waals surface area contributed by atoms with Crippen LogP contribution in [0.3, 0.4) is 0 Å². The van der Waals surface area contributed by atoms with Gasteiger partial charge in [0.05, 0.1) is 31.9 Å². The average Bonchev–Trinajstić information content (AvgIpc) is 2.65. The van der Waals surface area contributed by atoms with Gasteiger partial charge in [0.1, 0.15) is 6.04 Å². The minimum absolute atomic E-state index is 0.128. The Balaban J connectivity index is 3.17. The van der Waals surface area contributed by atoms with E-state index in [1.807, 2.05) is 0 Å². The SMILES string of the molecule is COC(=O)C(C(=O)OC)[C@@H](C)[C@H](NC(=O)c1ccccc1Cl)C(=O)OC. The van der Waals surface area contributed by atoms with E-state index in [1.54, 1.807) is 12.1 Å². The number of hydrogen-bond donors (Lipinski definition) is 1. The van der Waals surface area contributed by atoms with Gasteiger partial charge in [0.25, 0.3) is 5.91 Å². The van der Waals surface area contributed by atoms with E-state index in [1.165, 1.54) is 19.1 Å². The smallest absolute Gasteiger partial charge is 0.328 e. The molecule has 0 unspecified atom stereocenters. The second-order valence-corrected chi connectivity index (χ2v) is 5.74. The lowest BCUT2D eigenvalue weighted by Gasteiger charge is -2.27. The highest BCUT2D eigenvalue weighted by Crippen LogP contribution is 2.22. The summed E-state index contributed by atoms with van der Waals surface area (Å²) in [5.74, 6) is -5.73. The van der Waals surface area contributed by atoms with E-state index >= 15 is 0 Å². The summed E-state index contributed by atoms with van der Waals surface area (Å²) in [6.07, 6.45) is 0. The number of rotatable bonds is 7. The molecule has 2 atom stereocenters. The molecule has 1 N–H and O–H groups in total. The highest BCUT2D eigenvalue weighted by molar-refractivity contribution is 6.33. The number of nitrogens with one attached hydrogen (secondary N) is 1. The standard InChI is InChI=1S/C17H20ClNO7/c1-9(12(15(21)24-2)16(22)25-3)13(17(23)26-4)19-14(20)10-7-5-6-8-11(10)18/h5-9,12-13H,1-4H3,(H,19,20)/t9-,13+/m1/s1. The summed E-state index contributed by atoms with van der Waals surface area (Å²) in [4.78, 5) is 48.6. The maximum Gasteiger partial charge on any atom is 0.328 e. The predicted octanol–water partition coefficient (Wildman–Crippen LogP) is 1.21. The monoisotopic (exact) mass is 385 g/mol. The van der Waals surface area contributed by atoms with Crippen LogP contribution in [0.4, 0.5) is 0 Å². The molecule has 0 aromatic heterocycles. The molecule has 26 heavy (non-hydrogen) atoms. The number of amides is 1. The van der Waals surface area contributed by atoms with Gasteiger partial charge in [0, 0.05) is 5.92 Å². The van der Waals surface area contributed by atoms with Crippen molar-refractivity contribution in [2.24, 2.45) is 11.8 Å². The van der Waals surface area contributed by atoms with Crippen LogP contribution in [-0.4, -0.2) is 51.2 Å². The third kappa shape index (κ3) is 4.95. The molecule has 0 bridgehead atoms. The van der Waals surface area contributed by atoms with Crippen LogP contribution >= 0.6 is 11.6 Å². The molecule has 0 aliphatic carbocycles. The summed E-state index contributed by atoms with van der Waals surface area (Å²) in [6, 6.07) is 4.91. The van der Waals surface area contributed by atoms with Gasteiger partial charge < -0.3 is 19.5 Å². The lowest BCUT2D eigenvalue weighted by atomic mass is 9.87. The Labute approximate surface area is 155 Å². The molecule has 0 saturated carbocycles. The number of carbonyl (C=O) groups excluding carboxylic acids is 4. The van der Waals surface area contributed by atoms with Crippen LogP contribution in [0.15, 0.2) is 24.3 Å². The predicted molar refractivity (Wildman–Crippen MR) is 91.4 cm³/mol. The molecule has 0 radical (unpaired) electrons. The first-order valence-electron chi connectivity index (χ1n) is 7.57. The van der Waals surface area contributed by atoms with Gasteiger partial charge in [-0.2, -0.15) is 0 Å². The number of halogens is 1. The van der Waals surface area contributed by atoms with Crippen LogP contribution in [0, 0.1) is 11.8 Å². The number of esters is 3. The van der Waals surface area contributed by atoms with Gasteiger partial charge in [-0.25, -0.2) is 4.79 Å². The maximum absolute atomic E-state index is 12.5. The van der Waals surface area contributed by atoms with Gasteiger partial charge in [-0.3, -0.25) is 14.4 Å². The summed E-state index contributed by atoms with van der Waals surface area (Å²) < 4.78 is 13.9. The fourth-order valence-electron chi connectivity index (χ4n) is 2.37. The quantitative estimate of drug-likeness (QED) is 0.427. The molecule has 1 rings (SSSR count). The highest BCUT2D eigenvalue weighted by atomic mass is 35.5. The third-order valence-electron chi connectivity index (χ3n) is 3.82. The molecule has 8 nitrogen and oxygen atoms in total. The van der Waals surface area contributed by atoms with Crippen molar-refractivity contribution in [2.75, 3.05) is 21.3 Å². The Hall–Kier alpha value is -2.61. The Morgan fingerprint density at radius 1 is 0.923 bits per heavy atom. The van der Waals surface area contributed by atoms with Crippen molar-refractivity contribution >= 4 is 35.4 Å². The first kappa shape index (κ1) is 21.4. The molecule has 0 spiro atoms. The van der Waals surface area contributed by atoms with Gasteiger partial charge >= 0.3 is 17.9 Å². The first-order valence-corrected chi connectivity index (χ1v) is 7.95. The highest BCUT2D eigenvalue weighted by Gasteiger charge is 2.42. The summed E-state index contributed by atoms with van der Waals surface area (Å²) >= 11 is 5.98. The second-order valence-electron chi connectivity index (χ2n) is 5.34. The minimum atomic E-state index is -1.43. The normalized spacial score (nSPS) is 12.7. The lowest BCUT2D eigenvalue weighted by molar-refractivity contribution is -0.162. The summed E-state index contributed by atoms with van der Waals surface area (Å²) in [6.45, 7) is 1.42. The van der Waals surface area contributed by atoms with E-state index in [2.05, 4.69) is 19.5 Å². The Morgan fingerprint density at radius 2 is 1.42 bits per heavy atom. The maximum atomic E-state index is 12.5. The van der Waals surface area contributed by atoms with Crippen molar-refractivity contribution in [3.63, 3.8) is 0 Å². The van der Waals surface area contributed by atoms with E-state index < -0.39 is 41.7 Å². The second kappa shape index (κ2) is 9.76. The van der Waals surface area contributed by atoms with Gasteiger partial charge in [-0.15, -0.1) is 0 Å². The Morgan fingerprint density at radius 3 is 1.88 bits per heavy atom. The molecule has 1 amide bonds. The number of carbonyl (C=O) groups is 4. The van der Waals surface area contributed by atoms with Crippen molar-refractivity contribution in [2.45, 2.75) is 13.0 Å². The Kier molecular flexibility index (Phi) is 8.05. The van der Waals surface area contributed by atoms with Gasteiger partial charge in [-0.1, -0.05) is 30.7 Å². The van der Waals surface area contributed by atoms with E-state index in [0.717, 1.165) is 21.3 Å². The van der Waals surface area contributed by atoms with Crippen LogP contribution < -0.4 is 5.32 Å². The first-order chi connectivity index (χ1) is 12.3. The minimum Gasteiger partial charge on any atom is -0.468 e. The van der Waals surface area contributed by atoms with E-state index in [4.69, 9.17) is 11.6 Å². The van der Waals surface area contributed by atoms with Crippen LogP contribution in [0.1, 0.15) is 17.3 Å². The number of ether oxygens (including phenoxy) is 3. The molecular weight excluding hydrogens is 366 g/mol. The van der Waals surface area contributed by atoms with Crippen molar-refractivity contribution in [1.82, 2.24) is 5.32 Å². The molecule has 142 valence electrons. The zero-order valence-electron chi connectivity index (χ0n) is 14.8. The molecule has 0 aliphatic rings. The Bertz CT molecular complexity index is 675. The molecule has 0 aliphatic heterocycles. The van der Waals surface area contributed by atoms with E-state index in [9.17, 15) is 19.2 Å². The molecule has 0 fully saturated rings. The van der Waals surface area contributed by atoms with Gasteiger partial charge in [0.2, 0.25) is 0 Å². The lowest BCUT2D eigenvalue weighted by Crippen LogP contribution is -2.51. The summed E-state index contributed by atoms with van der Waals surface area (Å²) in [5.41, 5.74) is 0.128. The third-order valence-corrected chi connectivity index (χ3v) is 4.15. The molecular formula is C17H20ClNO7. The van der Waals surface area contributed by atoms with E-state index in [0.29, 0.717) is 0 Å². The largest absolute Gasteiger partial charge is 0.468 e. The molecule has 1 aromatic rings. The van der Waals surface area contributed by atoms with Gasteiger partial charge in [-0.05, 0) is 12.1 Å². The van der Waals surface area contributed by atoms with E-state index in [-0.39, 0.29) is 10.6 Å². The zero-order valence-corrected chi connectivity index (χ0v) is 15.5. The number of benzene rings is 1. The fourth-order valence-corrected chi connectivity index (χ4v) is 2.59. The topological polar surface area (TPSA) is 108 Å². The van der Waals surface area contributed by atoms with Crippen LogP contribution in [0.25, 0.3) is 0 Å². The number of hydrogen-bond acceptors (Lipinski definition) is 7. The summed E-state index contributed by atoms with van der Waals surface area (Å²) in [5, 5.41) is 2.63. The number of methoxy groups -OCH3 is 3. The van der Waals surface area contributed by atoms with Crippen LogP contribution in [0.5, 0.6) is 0 Å². The van der Waals surface area contributed by atoms with Crippen molar-refractivity contribution in [3.05, 3.63) is 34.9 Å². The molecule has 0 saturated heterocycles. The van der Waals surface area contributed by atoms with Crippen molar-refractivity contribution in [3.8, 4) is 0 Å². The van der Waals surface area contributed by atoms with Crippen LogP contribution in [0.2, 0.25) is 5.02 Å². The zero-order chi connectivity index (χ0) is 19.9. The van der Waals surface area contributed by atoms with Gasteiger partial charge in [0.15, 0.2) is 5.92 Å². The fraction of sp³-hybridized carbons (Fsp3) is 0.412. The summed E-state index contributed by atoms with van der Waals surface area (Å²) in [7, 11) is 3.32. The van der Waals surface area contributed by atoms with Crippen molar-refractivity contribution < 1.29 is 33.4 Å². The molecule has 1 aromatic carbocycles. The average molecular weight is 386 g/mol. The molecule has 0 heterocycles.